The largest absolute Gasteiger partial charge is 0.396 e. The van der Waals surface area contributed by atoms with E-state index in [4.69, 9.17) is 11.6 Å². The van der Waals surface area contributed by atoms with Crippen LogP contribution in [0.1, 0.15) is 19.3 Å². The lowest BCUT2D eigenvalue weighted by Crippen LogP contribution is -2.49. The van der Waals surface area contributed by atoms with Gasteiger partial charge in [0.1, 0.15) is 5.82 Å². The molecule has 132 valence electrons. The average Bonchev–Trinajstić information content (AvgIpc) is 3.06. The molecule has 2 unspecified atom stereocenters. The van der Waals surface area contributed by atoms with E-state index in [2.05, 4.69) is 10.2 Å². The van der Waals surface area contributed by atoms with Crippen LogP contribution < -0.4 is 10.2 Å². The molecule has 3 rings (SSSR count). The highest BCUT2D eigenvalue weighted by molar-refractivity contribution is 6.31. The van der Waals surface area contributed by atoms with Gasteiger partial charge in [-0.3, -0.25) is 0 Å². The van der Waals surface area contributed by atoms with Crippen molar-refractivity contribution in [2.45, 2.75) is 25.3 Å². The van der Waals surface area contributed by atoms with Crippen molar-refractivity contribution in [3.05, 3.63) is 29.0 Å². The quantitative estimate of drug-likeness (QED) is 0.875. The van der Waals surface area contributed by atoms with E-state index in [9.17, 15) is 14.3 Å². The first-order valence-electron chi connectivity index (χ1n) is 8.43. The number of benzene rings is 1. The third-order valence-electron chi connectivity index (χ3n) is 4.85. The molecule has 7 heteroatoms. The molecule has 24 heavy (non-hydrogen) atoms. The predicted octanol–water partition coefficient (Wildman–Crippen LogP) is 2.47. The fourth-order valence-electron chi connectivity index (χ4n) is 3.46. The number of nitrogens with one attached hydrogen (secondary N) is 1. The van der Waals surface area contributed by atoms with Gasteiger partial charge in [0, 0.05) is 44.5 Å². The molecule has 0 spiro atoms. The van der Waals surface area contributed by atoms with Gasteiger partial charge in [0.05, 0.1) is 5.02 Å². The number of halogens is 2. The third kappa shape index (κ3) is 3.92. The normalized spacial score (nSPS) is 24.3. The Morgan fingerprint density at radius 3 is 2.92 bits per heavy atom. The minimum Gasteiger partial charge on any atom is -0.396 e. The third-order valence-corrected chi connectivity index (χ3v) is 5.14. The Morgan fingerprint density at radius 1 is 1.33 bits per heavy atom. The van der Waals surface area contributed by atoms with Crippen molar-refractivity contribution < 1.29 is 14.3 Å². The Labute approximate surface area is 146 Å². The van der Waals surface area contributed by atoms with Crippen molar-refractivity contribution >= 4 is 23.3 Å². The van der Waals surface area contributed by atoms with Gasteiger partial charge in [0.25, 0.3) is 0 Å². The zero-order valence-electron chi connectivity index (χ0n) is 13.5. The van der Waals surface area contributed by atoms with E-state index in [-0.39, 0.29) is 29.6 Å². The molecule has 2 N–H and O–H groups in total. The highest BCUT2D eigenvalue weighted by Crippen LogP contribution is 2.26. The second-order valence-electron chi connectivity index (χ2n) is 6.62. The van der Waals surface area contributed by atoms with Crippen molar-refractivity contribution in [1.29, 1.82) is 0 Å². The van der Waals surface area contributed by atoms with Crippen LogP contribution in [0.15, 0.2) is 18.2 Å². The van der Waals surface area contributed by atoms with Gasteiger partial charge in [0.2, 0.25) is 0 Å². The molecule has 0 aromatic heterocycles. The van der Waals surface area contributed by atoms with Gasteiger partial charge in [-0.2, -0.15) is 0 Å². The molecule has 2 aliphatic rings. The number of likely N-dealkylation sites (tertiary alicyclic amines) is 1. The molecule has 1 aromatic carbocycles. The molecule has 2 saturated heterocycles. The van der Waals surface area contributed by atoms with Crippen LogP contribution in [0.4, 0.5) is 14.9 Å². The molecule has 0 radical (unpaired) electrons. The number of amides is 2. The van der Waals surface area contributed by atoms with Crippen LogP contribution in [0.3, 0.4) is 0 Å². The van der Waals surface area contributed by atoms with Gasteiger partial charge < -0.3 is 20.2 Å². The maximum atomic E-state index is 13.3. The van der Waals surface area contributed by atoms with Gasteiger partial charge in [-0.1, -0.05) is 11.6 Å². The number of anilines is 1. The first-order chi connectivity index (χ1) is 11.6. The molecule has 2 amide bonds. The minimum atomic E-state index is -0.423. The number of hydrogen-bond donors (Lipinski definition) is 2. The van der Waals surface area contributed by atoms with Crippen LogP contribution in [0.5, 0.6) is 0 Å². The number of urea groups is 1. The van der Waals surface area contributed by atoms with Crippen LogP contribution in [0.2, 0.25) is 5.02 Å². The van der Waals surface area contributed by atoms with Crippen molar-refractivity contribution in [1.82, 2.24) is 10.2 Å². The first kappa shape index (κ1) is 17.3. The Balaban J connectivity index is 1.54. The highest BCUT2D eigenvalue weighted by Gasteiger charge is 2.28. The summed E-state index contributed by atoms with van der Waals surface area (Å²) in [6.07, 6.45) is 2.75. The zero-order valence-corrected chi connectivity index (χ0v) is 14.3. The number of aliphatic hydroxyl groups excluding tert-OH is 1. The highest BCUT2D eigenvalue weighted by atomic mass is 35.5. The lowest BCUT2D eigenvalue weighted by Gasteiger charge is -2.32. The summed E-state index contributed by atoms with van der Waals surface area (Å²) in [5, 5.41) is 12.5. The van der Waals surface area contributed by atoms with E-state index in [0.29, 0.717) is 13.1 Å². The maximum absolute atomic E-state index is 13.3. The Hall–Kier alpha value is -1.53. The van der Waals surface area contributed by atoms with E-state index < -0.39 is 5.82 Å². The first-order valence-corrected chi connectivity index (χ1v) is 8.81. The van der Waals surface area contributed by atoms with Crippen molar-refractivity contribution in [2.24, 2.45) is 5.92 Å². The smallest absolute Gasteiger partial charge is 0.317 e. The van der Waals surface area contributed by atoms with E-state index in [0.717, 1.165) is 38.0 Å². The van der Waals surface area contributed by atoms with Crippen LogP contribution in [-0.4, -0.2) is 54.9 Å². The summed E-state index contributed by atoms with van der Waals surface area (Å²) < 4.78 is 13.3. The molecule has 2 heterocycles. The molecule has 2 atom stereocenters. The van der Waals surface area contributed by atoms with Gasteiger partial charge in [-0.25, -0.2) is 9.18 Å². The van der Waals surface area contributed by atoms with Crippen molar-refractivity contribution in [3.8, 4) is 0 Å². The predicted molar refractivity (Wildman–Crippen MR) is 91.9 cm³/mol. The van der Waals surface area contributed by atoms with Crippen LogP contribution in [0.25, 0.3) is 0 Å². The molecule has 5 nitrogen and oxygen atoms in total. The number of carbonyl (C=O) groups excluding carboxylic acids is 1. The SMILES string of the molecule is O=C(NC1CCN(c2ccc(F)c(Cl)c2)C1)N1CCCC(CO)C1. The lowest BCUT2D eigenvalue weighted by molar-refractivity contribution is 0.128. The van der Waals surface area contributed by atoms with Gasteiger partial charge in [0.15, 0.2) is 0 Å². The minimum absolute atomic E-state index is 0.0582. The molecule has 2 fully saturated rings. The topological polar surface area (TPSA) is 55.8 Å². The van der Waals surface area contributed by atoms with E-state index in [1.54, 1.807) is 17.0 Å². The molecule has 2 aliphatic heterocycles. The molecule has 0 bridgehead atoms. The standard InChI is InChI=1S/C17H23ClFN3O2/c18-15-8-14(3-4-16(15)19)21-7-5-13(10-21)20-17(24)22-6-1-2-12(9-22)11-23/h3-4,8,12-13,23H,1-2,5-7,9-11H2,(H,20,24). The van der Waals surface area contributed by atoms with E-state index >= 15 is 0 Å². The van der Waals surface area contributed by atoms with E-state index in [1.165, 1.54) is 6.07 Å². The molecule has 0 aliphatic carbocycles. The molecule has 1 aromatic rings. The molecular weight excluding hydrogens is 333 g/mol. The number of nitrogens with zero attached hydrogens (tertiary/aromatic N) is 2. The maximum Gasteiger partial charge on any atom is 0.317 e. The summed E-state index contributed by atoms with van der Waals surface area (Å²) in [5.41, 5.74) is 0.872. The number of piperidine rings is 1. The van der Waals surface area contributed by atoms with Crippen molar-refractivity contribution in [2.75, 3.05) is 37.7 Å². The van der Waals surface area contributed by atoms with E-state index in [1.807, 2.05) is 0 Å². The summed E-state index contributed by atoms with van der Waals surface area (Å²) in [6, 6.07) is 4.71. The van der Waals surface area contributed by atoms with Crippen LogP contribution in [0, 0.1) is 11.7 Å². The number of rotatable bonds is 3. The Morgan fingerprint density at radius 2 is 2.17 bits per heavy atom. The fourth-order valence-corrected chi connectivity index (χ4v) is 3.63. The van der Waals surface area contributed by atoms with Gasteiger partial charge >= 0.3 is 6.03 Å². The van der Waals surface area contributed by atoms with Crippen LogP contribution >= 0.6 is 11.6 Å². The Kier molecular flexibility index (Phi) is 5.46. The summed E-state index contributed by atoms with van der Waals surface area (Å²) in [6.45, 7) is 2.97. The average molecular weight is 356 g/mol. The summed E-state index contributed by atoms with van der Waals surface area (Å²) in [4.78, 5) is 16.3. The second kappa shape index (κ2) is 7.57. The second-order valence-corrected chi connectivity index (χ2v) is 7.02. The summed E-state index contributed by atoms with van der Waals surface area (Å²) in [7, 11) is 0. The summed E-state index contributed by atoms with van der Waals surface area (Å²) in [5.74, 6) is -0.237. The van der Waals surface area contributed by atoms with Crippen LogP contribution in [-0.2, 0) is 0 Å². The molecule has 0 saturated carbocycles. The molecular formula is C17H23ClFN3O2. The van der Waals surface area contributed by atoms with Crippen molar-refractivity contribution in [3.63, 3.8) is 0 Å². The fraction of sp³-hybridized carbons (Fsp3) is 0.588. The number of hydrogen-bond acceptors (Lipinski definition) is 3. The number of aliphatic hydroxyl groups is 1. The zero-order chi connectivity index (χ0) is 17.1. The summed E-state index contributed by atoms with van der Waals surface area (Å²) >= 11 is 5.84. The monoisotopic (exact) mass is 355 g/mol. The number of carbonyl (C=O) groups is 1. The van der Waals surface area contributed by atoms with Gasteiger partial charge in [-0.05, 0) is 43.4 Å². The van der Waals surface area contributed by atoms with Gasteiger partial charge in [-0.15, -0.1) is 0 Å². The lowest BCUT2D eigenvalue weighted by atomic mass is 9.99. The Bertz CT molecular complexity index is 601.